The van der Waals surface area contributed by atoms with Crippen LogP contribution in [0.4, 0.5) is 5.82 Å². The molecule has 7 heteroatoms. The van der Waals surface area contributed by atoms with E-state index in [-0.39, 0.29) is 11.8 Å². The maximum absolute atomic E-state index is 12.4. The molecule has 1 N–H and O–H groups in total. The number of nitriles is 1. The number of ether oxygens (including phenoxy) is 2. The number of anilines is 1. The number of nitrogens with zero attached hydrogens (tertiary/aromatic N) is 3. The van der Waals surface area contributed by atoms with E-state index in [1.807, 2.05) is 30.3 Å². The van der Waals surface area contributed by atoms with Crippen LogP contribution in [0, 0.1) is 11.3 Å². The van der Waals surface area contributed by atoms with Gasteiger partial charge in [0, 0.05) is 18.4 Å². The van der Waals surface area contributed by atoms with Crippen molar-refractivity contribution in [3.8, 4) is 23.3 Å². The fourth-order valence-corrected chi connectivity index (χ4v) is 3.44. The molecule has 0 radical (unpaired) electrons. The monoisotopic (exact) mass is 374 g/mol. The number of nitrogens with one attached hydrogen (secondary N) is 1. The van der Waals surface area contributed by atoms with Gasteiger partial charge < -0.3 is 14.8 Å². The topological polar surface area (TPSA) is 89.2 Å². The third-order valence-electron chi connectivity index (χ3n) is 4.86. The van der Waals surface area contributed by atoms with Crippen LogP contribution in [0.1, 0.15) is 29.2 Å². The molecule has 0 saturated heterocycles. The van der Waals surface area contributed by atoms with Crippen LogP contribution < -0.4 is 14.8 Å². The second kappa shape index (κ2) is 7.08. The highest BCUT2D eigenvalue weighted by Crippen LogP contribution is 2.39. The van der Waals surface area contributed by atoms with Gasteiger partial charge in [0.2, 0.25) is 5.91 Å². The number of fused-ring (bicyclic) bond motifs is 1. The number of carbonyl (C=O) groups excluding carboxylic acids is 1. The largest absolute Gasteiger partial charge is 0.497 e. The lowest BCUT2D eigenvalue weighted by Crippen LogP contribution is -2.25. The molecule has 0 spiro atoms. The van der Waals surface area contributed by atoms with Gasteiger partial charge in [0.15, 0.2) is 0 Å². The van der Waals surface area contributed by atoms with Gasteiger partial charge in [-0.1, -0.05) is 12.1 Å². The van der Waals surface area contributed by atoms with Crippen LogP contribution in [0.25, 0.3) is 5.69 Å². The molecule has 28 heavy (non-hydrogen) atoms. The van der Waals surface area contributed by atoms with Crippen molar-refractivity contribution in [3.63, 3.8) is 0 Å². The highest BCUT2D eigenvalue weighted by molar-refractivity contribution is 5.94. The van der Waals surface area contributed by atoms with E-state index in [4.69, 9.17) is 14.7 Å². The van der Waals surface area contributed by atoms with Crippen LogP contribution in [0.3, 0.4) is 0 Å². The summed E-state index contributed by atoms with van der Waals surface area (Å²) in [6.07, 6.45) is 1.97. The quantitative estimate of drug-likeness (QED) is 0.757. The molecule has 0 bridgehead atoms. The third kappa shape index (κ3) is 2.95. The van der Waals surface area contributed by atoms with Crippen molar-refractivity contribution in [2.75, 3.05) is 19.5 Å². The molecule has 2 aromatic carbocycles. The van der Waals surface area contributed by atoms with Crippen molar-refractivity contribution in [1.29, 1.82) is 5.26 Å². The highest BCUT2D eigenvalue weighted by Gasteiger charge is 2.31. The van der Waals surface area contributed by atoms with Gasteiger partial charge in [0.05, 0.1) is 37.2 Å². The minimum absolute atomic E-state index is 0.0922. The molecule has 1 amide bonds. The Labute approximate surface area is 162 Å². The maximum Gasteiger partial charge on any atom is 0.226 e. The summed E-state index contributed by atoms with van der Waals surface area (Å²) in [4.78, 5) is 17.0. The molecule has 0 saturated carbocycles. The average molecular weight is 374 g/mol. The standard InChI is InChI=1S/C21H18N4O3/c1-27-15-7-8-18(28-2)17(9-15)25-12-23-20-16(10-19(26)24-21(20)25)14-5-3-13(11-22)4-6-14/h3-9,12,16H,10H2,1-2H3,(H,24,26). The van der Waals surface area contributed by atoms with Crippen molar-refractivity contribution in [3.05, 3.63) is 65.6 Å². The molecule has 1 aliphatic heterocycles. The first-order valence-electron chi connectivity index (χ1n) is 8.74. The van der Waals surface area contributed by atoms with Gasteiger partial charge in [-0.3, -0.25) is 9.36 Å². The molecule has 140 valence electrons. The molecule has 1 aromatic heterocycles. The van der Waals surface area contributed by atoms with E-state index in [1.165, 1.54) is 0 Å². The molecule has 7 nitrogen and oxygen atoms in total. The number of amides is 1. The number of benzene rings is 2. The number of imidazole rings is 1. The Bertz CT molecular complexity index is 1080. The molecule has 2 heterocycles. The fraction of sp³-hybridized carbons (Fsp3) is 0.190. The molecule has 0 fully saturated rings. The van der Waals surface area contributed by atoms with E-state index >= 15 is 0 Å². The molecule has 1 aliphatic rings. The first-order valence-corrected chi connectivity index (χ1v) is 8.74. The van der Waals surface area contributed by atoms with Crippen LogP contribution in [0.15, 0.2) is 48.8 Å². The second-order valence-electron chi connectivity index (χ2n) is 6.42. The number of rotatable bonds is 4. The van der Waals surface area contributed by atoms with E-state index < -0.39 is 0 Å². The maximum atomic E-state index is 12.4. The van der Waals surface area contributed by atoms with Gasteiger partial charge in [-0.05, 0) is 29.8 Å². The SMILES string of the molecule is COc1ccc(OC)c(-n2cnc3c2NC(=O)CC3c2ccc(C#N)cc2)c1. The van der Waals surface area contributed by atoms with Crippen molar-refractivity contribution >= 4 is 11.7 Å². The van der Waals surface area contributed by atoms with Crippen LogP contribution >= 0.6 is 0 Å². The van der Waals surface area contributed by atoms with E-state index in [0.717, 1.165) is 16.9 Å². The summed E-state index contributed by atoms with van der Waals surface area (Å²) in [6.45, 7) is 0. The summed E-state index contributed by atoms with van der Waals surface area (Å²) in [5, 5.41) is 11.9. The Morgan fingerprint density at radius 1 is 1.18 bits per heavy atom. The highest BCUT2D eigenvalue weighted by atomic mass is 16.5. The first kappa shape index (κ1) is 17.6. The zero-order valence-electron chi connectivity index (χ0n) is 15.5. The molecule has 4 rings (SSSR count). The molecular formula is C21H18N4O3. The van der Waals surface area contributed by atoms with Crippen molar-refractivity contribution in [2.45, 2.75) is 12.3 Å². The molecule has 1 unspecified atom stereocenters. The Kier molecular flexibility index (Phi) is 4.45. The molecule has 1 atom stereocenters. The molecule has 3 aromatic rings. The zero-order chi connectivity index (χ0) is 19.7. The number of methoxy groups -OCH3 is 2. The fourth-order valence-electron chi connectivity index (χ4n) is 3.44. The second-order valence-corrected chi connectivity index (χ2v) is 6.42. The zero-order valence-corrected chi connectivity index (χ0v) is 15.5. The van der Waals surface area contributed by atoms with Crippen LogP contribution in [0.2, 0.25) is 0 Å². The van der Waals surface area contributed by atoms with E-state index in [9.17, 15) is 4.79 Å². The lowest BCUT2D eigenvalue weighted by atomic mass is 9.89. The van der Waals surface area contributed by atoms with Crippen LogP contribution in [-0.2, 0) is 4.79 Å². The summed E-state index contributed by atoms with van der Waals surface area (Å²) >= 11 is 0. The summed E-state index contributed by atoms with van der Waals surface area (Å²) < 4.78 is 12.6. The summed E-state index contributed by atoms with van der Waals surface area (Å²) in [6, 6.07) is 14.8. The van der Waals surface area contributed by atoms with E-state index in [0.29, 0.717) is 29.3 Å². The average Bonchev–Trinajstić information content (AvgIpc) is 3.16. The molecule has 0 aliphatic carbocycles. The first-order chi connectivity index (χ1) is 13.6. The summed E-state index contributed by atoms with van der Waals surface area (Å²) in [5.41, 5.74) is 3.01. The Morgan fingerprint density at radius 3 is 2.64 bits per heavy atom. The Morgan fingerprint density at radius 2 is 1.96 bits per heavy atom. The van der Waals surface area contributed by atoms with E-state index in [2.05, 4.69) is 16.4 Å². The predicted octanol–water partition coefficient (Wildman–Crippen LogP) is 3.24. The normalized spacial score (nSPS) is 15.3. The lowest BCUT2D eigenvalue weighted by molar-refractivity contribution is -0.116. The number of carbonyl (C=O) groups is 1. The summed E-state index contributed by atoms with van der Waals surface area (Å²) in [5.74, 6) is 1.64. The van der Waals surface area contributed by atoms with Gasteiger partial charge in [-0.25, -0.2) is 4.98 Å². The van der Waals surface area contributed by atoms with Gasteiger partial charge in [-0.2, -0.15) is 5.26 Å². The number of aromatic nitrogens is 2. The van der Waals surface area contributed by atoms with Gasteiger partial charge in [0.25, 0.3) is 0 Å². The predicted molar refractivity (Wildman–Crippen MR) is 103 cm³/mol. The van der Waals surface area contributed by atoms with E-state index in [1.54, 1.807) is 37.2 Å². The number of hydrogen-bond acceptors (Lipinski definition) is 5. The van der Waals surface area contributed by atoms with Gasteiger partial charge >= 0.3 is 0 Å². The van der Waals surface area contributed by atoms with Gasteiger partial charge in [-0.15, -0.1) is 0 Å². The van der Waals surface area contributed by atoms with Crippen molar-refractivity contribution in [2.24, 2.45) is 0 Å². The minimum atomic E-state index is -0.186. The summed E-state index contributed by atoms with van der Waals surface area (Å²) in [7, 11) is 3.19. The van der Waals surface area contributed by atoms with Crippen LogP contribution in [-0.4, -0.2) is 29.7 Å². The van der Waals surface area contributed by atoms with Crippen LogP contribution in [0.5, 0.6) is 11.5 Å². The minimum Gasteiger partial charge on any atom is -0.497 e. The Balaban J connectivity index is 1.82. The smallest absolute Gasteiger partial charge is 0.226 e. The Hall–Kier alpha value is -3.79. The molecular weight excluding hydrogens is 356 g/mol. The lowest BCUT2D eigenvalue weighted by Gasteiger charge is -2.24. The number of hydrogen-bond donors (Lipinski definition) is 1. The third-order valence-corrected chi connectivity index (χ3v) is 4.86. The van der Waals surface area contributed by atoms with Gasteiger partial charge in [0.1, 0.15) is 23.6 Å². The van der Waals surface area contributed by atoms with Crippen molar-refractivity contribution < 1.29 is 14.3 Å². The van der Waals surface area contributed by atoms with Crippen molar-refractivity contribution in [1.82, 2.24) is 9.55 Å².